The normalized spacial score (nSPS) is 10.8. The average molecular weight is 529 g/mol. The highest BCUT2D eigenvalue weighted by Crippen LogP contribution is 2.32. The summed E-state index contributed by atoms with van der Waals surface area (Å²) in [6.45, 7) is 0.442. The Hall–Kier alpha value is -1.60. The monoisotopic (exact) mass is 527 g/mol. The topological polar surface area (TPSA) is 47.6 Å². The van der Waals surface area contributed by atoms with Gasteiger partial charge in [0.1, 0.15) is 11.5 Å². The first-order valence-electron chi connectivity index (χ1n) is 9.15. The maximum atomic E-state index is 12.0. The van der Waals surface area contributed by atoms with Gasteiger partial charge < -0.3 is 14.8 Å². The Labute approximate surface area is 198 Å². The largest absolute Gasteiger partial charge is 0.496 e. The highest BCUT2D eigenvalue weighted by Gasteiger charge is 2.10. The summed E-state index contributed by atoms with van der Waals surface area (Å²) in [5, 5.41) is 6.07. The van der Waals surface area contributed by atoms with E-state index in [1.807, 2.05) is 12.1 Å². The van der Waals surface area contributed by atoms with E-state index in [-0.39, 0.29) is 12.5 Å². The lowest BCUT2D eigenvalue weighted by molar-refractivity contribution is -0.122. The fourth-order valence-corrected chi connectivity index (χ4v) is 4.64. The molecule has 0 spiro atoms. The van der Waals surface area contributed by atoms with E-state index >= 15 is 0 Å². The first-order chi connectivity index (χ1) is 14.5. The molecule has 0 saturated heterocycles. The molecule has 0 radical (unpaired) electrons. The lowest BCUT2D eigenvalue weighted by Gasteiger charge is -2.13. The number of benzene rings is 3. The van der Waals surface area contributed by atoms with Crippen LogP contribution in [-0.2, 0) is 10.5 Å². The smallest absolute Gasteiger partial charge is 0.257 e. The summed E-state index contributed by atoms with van der Waals surface area (Å²) < 4.78 is 12.0. The van der Waals surface area contributed by atoms with Crippen molar-refractivity contribution in [3.05, 3.63) is 68.6 Å². The van der Waals surface area contributed by atoms with Crippen LogP contribution >= 0.6 is 50.9 Å². The highest BCUT2D eigenvalue weighted by molar-refractivity contribution is 9.10. The second kappa shape index (κ2) is 11.1. The zero-order valence-corrected chi connectivity index (χ0v) is 20.1. The van der Waals surface area contributed by atoms with Gasteiger partial charge in [-0.15, -0.1) is 0 Å². The van der Waals surface area contributed by atoms with Gasteiger partial charge in [-0.25, -0.2) is 0 Å². The summed E-state index contributed by atoms with van der Waals surface area (Å²) in [5.74, 6) is 2.65. The molecule has 30 heavy (non-hydrogen) atoms. The van der Waals surface area contributed by atoms with Crippen molar-refractivity contribution in [2.45, 2.75) is 5.75 Å². The number of rotatable bonds is 9. The van der Waals surface area contributed by atoms with Crippen LogP contribution in [0.15, 0.2) is 53.0 Å². The SMILES string of the molecule is COc1ccc2cc(Br)ccc2c1CSCCNC(=O)COc1ccc(Cl)cc1Cl. The minimum atomic E-state index is -0.200. The molecule has 0 aliphatic carbocycles. The number of hydrogen-bond donors (Lipinski definition) is 1. The molecule has 4 nitrogen and oxygen atoms in total. The fraction of sp³-hybridized carbons (Fsp3) is 0.227. The lowest BCUT2D eigenvalue weighted by atomic mass is 10.0. The van der Waals surface area contributed by atoms with Crippen LogP contribution in [0, 0.1) is 0 Å². The Morgan fingerprint density at radius 1 is 1.10 bits per heavy atom. The maximum Gasteiger partial charge on any atom is 0.257 e. The summed E-state index contributed by atoms with van der Waals surface area (Å²) in [6.07, 6.45) is 0. The van der Waals surface area contributed by atoms with E-state index in [2.05, 4.69) is 39.4 Å². The number of carbonyl (C=O) groups is 1. The molecule has 0 bridgehead atoms. The van der Waals surface area contributed by atoms with Crippen molar-refractivity contribution in [2.24, 2.45) is 0 Å². The van der Waals surface area contributed by atoms with Crippen LogP contribution in [0.3, 0.4) is 0 Å². The Morgan fingerprint density at radius 2 is 1.90 bits per heavy atom. The van der Waals surface area contributed by atoms with Crippen molar-refractivity contribution in [2.75, 3.05) is 26.0 Å². The number of halogens is 3. The van der Waals surface area contributed by atoms with Gasteiger partial charge in [-0.3, -0.25) is 4.79 Å². The van der Waals surface area contributed by atoms with Gasteiger partial charge in [0, 0.05) is 33.1 Å². The first kappa shape index (κ1) is 23.1. The summed E-state index contributed by atoms with van der Waals surface area (Å²) in [4.78, 5) is 12.0. The lowest BCUT2D eigenvalue weighted by Crippen LogP contribution is -2.30. The number of hydrogen-bond acceptors (Lipinski definition) is 4. The molecule has 3 rings (SSSR count). The molecule has 3 aromatic rings. The summed E-state index contributed by atoms with van der Waals surface area (Å²) >= 11 is 17.1. The number of carbonyl (C=O) groups excluding carboxylic acids is 1. The molecule has 0 aliphatic rings. The van der Waals surface area contributed by atoms with Gasteiger partial charge in [-0.05, 0) is 47.2 Å². The zero-order chi connectivity index (χ0) is 21.5. The van der Waals surface area contributed by atoms with E-state index in [9.17, 15) is 4.79 Å². The minimum Gasteiger partial charge on any atom is -0.496 e. The van der Waals surface area contributed by atoms with Gasteiger partial charge >= 0.3 is 0 Å². The van der Waals surface area contributed by atoms with Gasteiger partial charge in [0.2, 0.25) is 0 Å². The number of nitrogens with one attached hydrogen (secondary N) is 1. The number of amides is 1. The van der Waals surface area contributed by atoms with Crippen molar-refractivity contribution >= 4 is 67.6 Å². The van der Waals surface area contributed by atoms with Crippen LogP contribution in [0.4, 0.5) is 0 Å². The number of ether oxygens (including phenoxy) is 2. The standard InChI is InChI=1S/C22H20BrCl2NO3S/c1-28-20-6-2-14-10-15(23)3-5-17(14)18(20)13-30-9-8-26-22(27)12-29-21-7-4-16(24)11-19(21)25/h2-7,10-11H,8-9,12-13H2,1H3,(H,26,27). The van der Waals surface area contributed by atoms with E-state index < -0.39 is 0 Å². The summed E-state index contributed by atoms with van der Waals surface area (Å²) in [6, 6.07) is 15.2. The Bertz CT molecular complexity index is 1050. The minimum absolute atomic E-state index is 0.0992. The first-order valence-corrected chi connectivity index (χ1v) is 11.9. The Kier molecular flexibility index (Phi) is 8.57. The van der Waals surface area contributed by atoms with Crippen LogP contribution in [0.1, 0.15) is 5.56 Å². The van der Waals surface area contributed by atoms with Gasteiger partial charge in [0.15, 0.2) is 6.61 Å². The Balaban J connectivity index is 1.46. The van der Waals surface area contributed by atoms with Crippen LogP contribution in [0.5, 0.6) is 11.5 Å². The molecule has 0 aliphatic heterocycles. The highest BCUT2D eigenvalue weighted by atomic mass is 79.9. The average Bonchev–Trinajstić information content (AvgIpc) is 2.72. The van der Waals surface area contributed by atoms with Crippen LogP contribution < -0.4 is 14.8 Å². The van der Waals surface area contributed by atoms with Crippen LogP contribution in [0.25, 0.3) is 10.8 Å². The predicted molar refractivity (Wildman–Crippen MR) is 129 cm³/mol. The third kappa shape index (κ3) is 6.20. The fourth-order valence-electron chi connectivity index (χ4n) is 2.91. The molecule has 0 fully saturated rings. The van der Waals surface area contributed by atoms with Gasteiger partial charge in [0.05, 0.1) is 12.1 Å². The number of thioether (sulfide) groups is 1. The van der Waals surface area contributed by atoms with E-state index in [1.165, 1.54) is 5.39 Å². The molecule has 8 heteroatoms. The molecule has 0 heterocycles. The zero-order valence-electron chi connectivity index (χ0n) is 16.2. The number of methoxy groups -OCH3 is 1. The van der Waals surface area contributed by atoms with E-state index in [0.29, 0.717) is 22.3 Å². The predicted octanol–water partition coefficient (Wildman–Crippen LogP) is 6.35. The second-order valence-electron chi connectivity index (χ2n) is 6.38. The molecule has 158 valence electrons. The van der Waals surface area contributed by atoms with Crippen LogP contribution in [0.2, 0.25) is 10.0 Å². The summed E-state index contributed by atoms with van der Waals surface area (Å²) in [7, 11) is 1.68. The molecule has 1 amide bonds. The second-order valence-corrected chi connectivity index (χ2v) is 9.24. The van der Waals surface area contributed by atoms with Crippen LogP contribution in [-0.4, -0.2) is 31.9 Å². The molecular weight excluding hydrogens is 509 g/mol. The van der Waals surface area contributed by atoms with Crippen molar-refractivity contribution in [1.29, 1.82) is 0 Å². The van der Waals surface area contributed by atoms with Crippen molar-refractivity contribution in [3.63, 3.8) is 0 Å². The quantitative estimate of drug-likeness (QED) is 0.329. The van der Waals surface area contributed by atoms with E-state index in [1.54, 1.807) is 37.1 Å². The molecule has 1 N–H and O–H groups in total. The van der Waals surface area contributed by atoms with Crippen molar-refractivity contribution in [1.82, 2.24) is 5.32 Å². The molecule has 0 saturated carbocycles. The van der Waals surface area contributed by atoms with Crippen molar-refractivity contribution < 1.29 is 14.3 Å². The number of fused-ring (bicyclic) bond motifs is 1. The third-order valence-corrected chi connectivity index (χ3v) is 6.35. The molecule has 0 aromatic heterocycles. The van der Waals surface area contributed by atoms with E-state index in [4.69, 9.17) is 32.7 Å². The van der Waals surface area contributed by atoms with Gasteiger partial charge in [-0.2, -0.15) is 11.8 Å². The molecule has 3 aromatic carbocycles. The molecule has 0 unspecified atom stereocenters. The molecular formula is C22H20BrCl2NO3S. The van der Waals surface area contributed by atoms with Gasteiger partial charge in [-0.1, -0.05) is 51.3 Å². The Morgan fingerprint density at radius 3 is 2.67 bits per heavy atom. The van der Waals surface area contributed by atoms with Gasteiger partial charge in [0.25, 0.3) is 5.91 Å². The third-order valence-electron chi connectivity index (χ3n) is 4.34. The van der Waals surface area contributed by atoms with Crippen molar-refractivity contribution in [3.8, 4) is 11.5 Å². The summed E-state index contributed by atoms with van der Waals surface area (Å²) in [5.41, 5.74) is 1.15. The molecule has 0 atom stereocenters. The van der Waals surface area contributed by atoms with E-state index in [0.717, 1.165) is 32.7 Å². The maximum absolute atomic E-state index is 12.0.